The second kappa shape index (κ2) is 11.2. The minimum Gasteiger partial charge on any atom is -0.496 e. The average molecular weight is 309 g/mol. The van der Waals surface area contributed by atoms with Crippen molar-refractivity contribution in [2.45, 2.75) is 52.0 Å². The smallest absolute Gasteiger partial charge is 0.164 e. The van der Waals surface area contributed by atoms with Gasteiger partial charge in [-0.05, 0) is 19.0 Å². The van der Waals surface area contributed by atoms with Gasteiger partial charge in [0.25, 0.3) is 0 Å². The molecule has 0 aromatic heterocycles. The van der Waals surface area contributed by atoms with Crippen molar-refractivity contribution in [3.8, 4) is 17.2 Å². The van der Waals surface area contributed by atoms with Crippen LogP contribution in [0.5, 0.6) is 17.2 Å². The number of hydrogen-bond donors (Lipinski definition) is 1. The Bertz CT molecular complexity index is 421. The van der Waals surface area contributed by atoms with Gasteiger partial charge in [0.05, 0.1) is 21.3 Å². The normalized spacial score (nSPS) is 10.5. The molecule has 0 radical (unpaired) electrons. The molecule has 0 amide bonds. The van der Waals surface area contributed by atoms with E-state index < -0.39 is 0 Å². The molecule has 0 heterocycles. The van der Waals surface area contributed by atoms with Crippen LogP contribution in [0.4, 0.5) is 0 Å². The van der Waals surface area contributed by atoms with E-state index in [1.165, 1.54) is 38.5 Å². The molecule has 0 aliphatic rings. The third-order valence-corrected chi connectivity index (χ3v) is 3.81. The van der Waals surface area contributed by atoms with E-state index in [1.54, 1.807) is 21.3 Å². The van der Waals surface area contributed by atoms with Crippen LogP contribution in [0, 0.1) is 0 Å². The summed E-state index contributed by atoms with van der Waals surface area (Å²) in [5.74, 6) is 2.26. The number of unbranched alkanes of at least 4 members (excludes halogenated alkanes) is 5. The fourth-order valence-corrected chi connectivity index (χ4v) is 2.48. The molecule has 0 saturated carbocycles. The van der Waals surface area contributed by atoms with E-state index >= 15 is 0 Å². The molecule has 22 heavy (non-hydrogen) atoms. The fourth-order valence-electron chi connectivity index (χ4n) is 2.48. The van der Waals surface area contributed by atoms with Gasteiger partial charge in [0, 0.05) is 18.2 Å². The van der Waals surface area contributed by atoms with Crippen LogP contribution in [0.3, 0.4) is 0 Å². The van der Waals surface area contributed by atoms with E-state index in [0.717, 1.165) is 30.2 Å². The molecule has 126 valence electrons. The SMILES string of the molecule is CCCCCCCCNCc1cc(OC)c(OC)cc1OC. The van der Waals surface area contributed by atoms with Gasteiger partial charge in [-0.1, -0.05) is 39.0 Å². The summed E-state index contributed by atoms with van der Waals surface area (Å²) in [7, 11) is 4.96. The van der Waals surface area contributed by atoms with Crippen molar-refractivity contribution in [2.75, 3.05) is 27.9 Å². The first-order valence-corrected chi connectivity index (χ1v) is 8.26. The van der Waals surface area contributed by atoms with Gasteiger partial charge in [0.1, 0.15) is 5.75 Å². The second-order valence-electron chi connectivity index (χ2n) is 5.46. The van der Waals surface area contributed by atoms with Crippen LogP contribution in [-0.4, -0.2) is 27.9 Å². The van der Waals surface area contributed by atoms with Crippen molar-refractivity contribution >= 4 is 0 Å². The lowest BCUT2D eigenvalue weighted by Gasteiger charge is -2.14. The summed E-state index contributed by atoms with van der Waals surface area (Å²) in [5.41, 5.74) is 1.09. The third kappa shape index (κ3) is 6.14. The largest absolute Gasteiger partial charge is 0.496 e. The van der Waals surface area contributed by atoms with Crippen LogP contribution >= 0.6 is 0 Å². The predicted octanol–water partition coefficient (Wildman–Crippen LogP) is 4.16. The molecule has 0 saturated heterocycles. The minimum absolute atomic E-state index is 0.694. The molecule has 0 aliphatic heterocycles. The van der Waals surface area contributed by atoms with E-state index in [1.807, 2.05) is 12.1 Å². The number of hydrogen-bond acceptors (Lipinski definition) is 4. The molecule has 1 N–H and O–H groups in total. The summed E-state index contributed by atoms with van der Waals surface area (Å²) < 4.78 is 16.1. The summed E-state index contributed by atoms with van der Waals surface area (Å²) in [6, 6.07) is 3.85. The maximum absolute atomic E-state index is 5.43. The number of rotatable bonds is 12. The Morgan fingerprint density at radius 3 is 2.00 bits per heavy atom. The molecule has 0 fully saturated rings. The monoisotopic (exact) mass is 309 g/mol. The van der Waals surface area contributed by atoms with Crippen molar-refractivity contribution in [3.05, 3.63) is 17.7 Å². The van der Waals surface area contributed by atoms with Crippen LogP contribution in [0.2, 0.25) is 0 Å². The van der Waals surface area contributed by atoms with Gasteiger partial charge < -0.3 is 19.5 Å². The first-order chi connectivity index (χ1) is 10.8. The van der Waals surface area contributed by atoms with Crippen molar-refractivity contribution in [3.63, 3.8) is 0 Å². The van der Waals surface area contributed by atoms with Gasteiger partial charge in [-0.3, -0.25) is 0 Å². The molecule has 0 atom stereocenters. The lowest BCUT2D eigenvalue weighted by molar-refractivity contribution is 0.347. The molecule has 4 heteroatoms. The number of methoxy groups -OCH3 is 3. The first kappa shape index (κ1) is 18.6. The zero-order valence-corrected chi connectivity index (χ0v) is 14.5. The topological polar surface area (TPSA) is 39.7 Å². The van der Waals surface area contributed by atoms with Crippen molar-refractivity contribution in [1.82, 2.24) is 5.32 Å². The fraction of sp³-hybridized carbons (Fsp3) is 0.667. The zero-order valence-electron chi connectivity index (χ0n) is 14.5. The van der Waals surface area contributed by atoms with Gasteiger partial charge >= 0.3 is 0 Å². The molecule has 4 nitrogen and oxygen atoms in total. The molecular weight excluding hydrogens is 278 g/mol. The molecule has 0 unspecified atom stereocenters. The standard InChI is InChI=1S/C18H31NO3/c1-5-6-7-8-9-10-11-19-14-15-12-17(21-3)18(22-4)13-16(15)20-2/h12-13,19H,5-11,14H2,1-4H3. The molecule has 1 aromatic rings. The summed E-state index contributed by atoms with van der Waals surface area (Å²) >= 11 is 0. The Balaban J connectivity index is 2.41. The van der Waals surface area contributed by atoms with Crippen LogP contribution < -0.4 is 19.5 Å². The van der Waals surface area contributed by atoms with Crippen molar-refractivity contribution in [1.29, 1.82) is 0 Å². The van der Waals surface area contributed by atoms with Gasteiger partial charge in [-0.15, -0.1) is 0 Å². The lowest BCUT2D eigenvalue weighted by atomic mass is 10.1. The Morgan fingerprint density at radius 1 is 0.773 bits per heavy atom. The van der Waals surface area contributed by atoms with E-state index in [9.17, 15) is 0 Å². The van der Waals surface area contributed by atoms with Crippen LogP contribution in [0.25, 0.3) is 0 Å². The summed E-state index contributed by atoms with van der Waals surface area (Å²) in [5, 5.41) is 3.48. The maximum Gasteiger partial charge on any atom is 0.164 e. The molecule has 1 rings (SSSR count). The van der Waals surface area contributed by atoms with Crippen LogP contribution in [0.15, 0.2) is 12.1 Å². The van der Waals surface area contributed by atoms with E-state index in [2.05, 4.69) is 12.2 Å². The molecule has 0 spiro atoms. The van der Waals surface area contributed by atoms with Crippen LogP contribution in [-0.2, 0) is 6.54 Å². The number of benzene rings is 1. The highest BCUT2D eigenvalue weighted by molar-refractivity contribution is 5.50. The summed E-state index contributed by atoms with van der Waals surface area (Å²) in [6.45, 7) is 4.06. The second-order valence-corrected chi connectivity index (χ2v) is 5.46. The highest BCUT2D eigenvalue weighted by Gasteiger charge is 2.11. The van der Waals surface area contributed by atoms with E-state index in [-0.39, 0.29) is 0 Å². The Labute approximate surface area is 135 Å². The highest BCUT2D eigenvalue weighted by Crippen LogP contribution is 2.34. The van der Waals surface area contributed by atoms with Gasteiger partial charge in [-0.2, -0.15) is 0 Å². The predicted molar refractivity (Wildman–Crippen MR) is 91.2 cm³/mol. The average Bonchev–Trinajstić information content (AvgIpc) is 2.56. The number of ether oxygens (including phenoxy) is 3. The Morgan fingerprint density at radius 2 is 1.36 bits per heavy atom. The molecule has 0 bridgehead atoms. The summed E-state index contributed by atoms with van der Waals surface area (Å²) in [6.07, 6.45) is 7.89. The maximum atomic E-state index is 5.43. The van der Waals surface area contributed by atoms with Crippen molar-refractivity contribution < 1.29 is 14.2 Å². The van der Waals surface area contributed by atoms with Crippen molar-refractivity contribution in [2.24, 2.45) is 0 Å². The quantitative estimate of drug-likeness (QED) is 0.588. The lowest BCUT2D eigenvalue weighted by Crippen LogP contribution is -2.15. The molecular formula is C18H31NO3. The summed E-state index contributed by atoms with van der Waals surface area (Å²) in [4.78, 5) is 0. The van der Waals surface area contributed by atoms with E-state index in [0.29, 0.717) is 5.75 Å². The highest BCUT2D eigenvalue weighted by atomic mass is 16.5. The number of nitrogens with one attached hydrogen (secondary N) is 1. The Kier molecular flexibility index (Phi) is 9.47. The molecule has 1 aromatic carbocycles. The Hall–Kier alpha value is -1.42. The van der Waals surface area contributed by atoms with Gasteiger partial charge in [0.2, 0.25) is 0 Å². The minimum atomic E-state index is 0.694. The first-order valence-electron chi connectivity index (χ1n) is 8.26. The van der Waals surface area contributed by atoms with E-state index in [4.69, 9.17) is 14.2 Å². The van der Waals surface area contributed by atoms with Crippen LogP contribution in [0.1, 0.15) is 51.0 Å². The third-order valence-electron chi connectivity index (χ3n) is 3.81. The molecule has 0 aliphatic carbocycles. The van der Waals surface area contributed by atoms with Gasteiger partial charge in [0.15, 0.2) is 11.5 Å². The van der Waals surface area contributed by atoms with Gasteiger partial charge in [-0.25, -0.2) is 0 Å². The zero-order chi connectivity index (χ0) is 16.2.